The minimum atomic E-state index is -1.97. The summed E-state index contributed by atoms with van der Waals surface area (Å²) in [4.78, 5) is 11.3. The second-order valence-corrected chi connectivity index (χ2v) is 3.70. The molecule has 1 rings (SSSR count). The van der Waals surface area contributed by atoms with E-state index in [0.717, 1.165) is 6.07 Å². The Labute approximate surface area is 108 Å². The van der Waals surface area contributed by atoms with Crippen LogP contribution in [-0.2, 0) is 9.53 Å². The Morgan fingerprint density at radius 1 is 1.61 bits per heavy atom. The van der Waals surface area contributed by atoms with Crippen LogP contribution >= 0.6 is 11.6 Å². The first-order valence-electron chi connectivity index (χ1n) is 5.03. The molecule has 0 saturated carbocycles. The topological polar surface area (TPSA) is 76.0 Å². The molecule has 1 atom stereocenters. The highest BCUT2D eigenvalue weighted by molar-refractivity contribution is 6.31. The molecule has 0 saturated heterocycles. The van der Waals surface area contributed by atoms with Crippen molar-refractivity contribution in [1.82, 2.24) is 0 Å². The molecule has 0 amide bonds. The molecule has 0 radical (unpaired) electrons. The second-order valence-electron chi connectivity index (χ2n) is 3.29. The van der Waals surface area contributed by atoms with Gasteiger partial charge in [-0.05, 0) is 6.92 Å². The van der Waals surface area contributed by atoms with Crippen LogP contribution in [0.15, 0.2) is 6.07 Å². The van der Waals surface area contributed by atoms with Gasteiger partial charge < -0.3 is 19.7 Å². The average molecular weight is 279 g/mol. The zero-order chi connectivity index (χ0) is 13.9. The number of hydrogen-bond donors (Lipinski definition) is 2. The minimum absolute atomic E-state index is 0.00990. The maximum Gasteiger partial charge on any atom is 0.339 e. The van der Waals surface area contributed by atoms with E-state index < -0.39 is 29.2 Å². The number of carbonyl (C=O) groups excluding carboxylic acids is 1. The third-order valence-corrected chi connectivity index (χ3v) is 2.47. The van der Waals surface area contributed by atoms with Crippen molar-refractivity contribution in [3.05, 3.63) is 22.5 Å². The van der Waals surface area contributed by atoms with Crippen LogP contribution in [-0.4, -0.2) is 29.9 Å². The molecule has 7 heteroatoms. The summed E-state index contributed by atoms with van der Waals surface area (Å²) in [6.07, 6.45) is -1.97. The molecule has 0 aliphatic heterocycles. The molecule has 0 aliphatic carbocycles. The van der Waals surface area contributed by atoms with E-state index >= 15 is 0 Å². The summed E-state index contributed by atoms with van der Waals surface area (Å²) in [6.45, 7) is 1.54. The van der Waals surface area contributed by atoms with Crippen LogP contribution in [0.2, 0.25) is 5.02 Å². The molecular formula is C11H12ClFO5. The summed E-state index contributed by atoms with van der Waals surface area (Å²) in [5, 5.41) is 18.9. The molecule has 0 heterocycles. The number of esters is 1. The van der Waals surface area contributed by atoms with Gasteiger partial charge in [0.05, 0.1) is 24.3 Å². The lowest BCUT2D eigenvalue weighted by Crippen LogP contribution is -2.17. The number of benzene rings is 1. The van der Waals surface area contributed by atoms with Gasteiger partial charge in [0.1, 0.15) is 0 Å². The van der Waals surface area contributed by atoms with Crippen molar-refractivity contribution >= 4 is 17.6 Å². The van der Waals surface area contributed by atoms with Gasteiger partial charge in [0.15, 0.2) is 23.4 Å². The third kappa shape index (κ3) is 2.65. The third-order valence-electron chi connectivity index (χ3n) is 2.20. The van der Waals surface area contributed by atoms with Gasteiger partial charge in [-0.3, -0.25) is 0 Å². The number of ether oxygens (including phenoxy) is 2. The Morgan fingerprint density at radius 2 is 2.22 bits per heavy atom. The Morgan fingerprint density at radius 3 is 2.72 bits per heavy atom. The molecule has 100 valence electrons. The number of aromatic hydroxyl groups is 1. The van der Waals surface area contributed by atoms with Crippen molar-refractivity contribution in [1.29, 1.82) is 0 Å². The number of rotatable bonds is 4. The van der Waals surface area contributed by atoms with Crippen LogP contribution in [0.5, 0.6) is 11.5 Å². The molecule has 2 N–H and O–H groups in total. The number of methoxy groups -OCH3 is 1. The first-order chi connectivity index (χ1) is 8.43. The lowest BCUT2D eigenvalue weighted by Gasteiger charge is -2.15. The van der Waals surface area contributed by atoms with E-state index in [2.05, 4.69) is 4.74 Å². The first kappa shape index (κ1) is 14.5. The maximum absolute atomic E-state index is 13.7. The lowest BCUT2D eigenvalue weighted by atomic mass is 10.1. The molecular weight excluding hydrogens is 267 g/mol. The highest BCUT2D eigenvalue weighted by atomic mass is 35.5. The van der Waals surface area contributed by atoms with Crippen molar-refractivity contribution in [3.63, 3.8) is 0 Å². The standard InChI is InChI=1S/C11H12ClFO5/c1-3-18-11(16)10(15)7-8(13)5(12)4-6(17-2)9(7)14/h4,10,14-15H,3H2,1-2H3. The number of phenolic OH excluding ortho intramolecular Hbond substituents is 1. The molecule has 0 fully saturated rings. The summed E-state index contributed by atoms with van der Waals surface area (Å²) in [5.74, 6) is -3.04. The number of hydrogen-bond acceptors (Lipinski definition) is 5. The minimum Gasteiger partial charge on any atom is -0.504 e. The maximum atomic E-state index is 13.7. The van der Waals surface area contributed by atoms with Gasteiger partial charge in [-0.1, -0.05) is 11.6 Å². The van der Waals surface area contributed by atoms with Crippen molar-refractivity contribution in [2.24, 2.45) is 0 Å². The highest BCUT2D eigenvalue weighted by Crippen LogP contribution is 2.39. The number of aliphatic hydroxyl groups excluding tert-OH is 1. The first-order valence-corrected chi connectivity index (χ1v) is 5.41. The fraction of sp³-hybridized carbons (Fsp3) is 0.364. The number of carbonyl (C=O) groups is 1. The summed E-state index contributed by atoms with van der Waals surface area (Å²) in [6, 6.07) is 1.04. The van der Waals surface area contributed by atoms with Crippen molar-refractivity contribution in [2.75, 3.05) is 13.7 Å². The van der Waals surface area contributed by atoms with E-state index in [1.165, 1.54) is 14.0 Å². The monoisotopic (exact) mass is 278 g/mol. The number of halogens is 2. The van der Waals surface area contributed by atoms with Crippen LogP contribution < -0.4 is 4.74 Å². The molecule has 0 aliphatic rings. The van der Waals surface area contributed by atoms with Gasteiger partial charge in [-0.25, -0.2) is 9.18 Å². The van der Waals surface area contributed by atoms with Crippen LogP contribution in [0.25, 0.3) is 0 Å². The van der Waals surface area contributed by atoms with Crippen molar-refractivity contribution in [3.8, 4) is 11.5 Å². The molecule has 1 unspecified atom stereocenters. The average Bonchev–Trinajstić information content (AvgIpc) is 2.34. The lowest BCUT2D eigenvalue weighted by molar-refractivity contribution is -0.153. The van der Waals surface area contributed by atoms with Gasteiger partial charge >= 0.3 is 5.97 Å². The van der Waals surface area contributed by atoms with E-state index in [9.17, 15) is 19.4 Å². The van der Waals surface area contributed by atoms with Gasteiger partial charge in [-0.15, -0.1) is 0 Å². The van der Waals surface area contributed by atoms with Gasteiger partial charge in [0.25, 0.3) is 0 Å². The van der Waals surface area contributed by atoms with E-state index in [-0.39, 0.29) is 17.4 Å². The van der Waals surface area contributed by atoms with Crippen molar-refractivity contribution < 1.29 is 28.9 Å². The molecule has 1 aromatic carbocycles. The Hall–Kier alpha value is -1.53. The Bertz CT molecular complexity index is 463. The van der Waals surface area contributed by atoms with Gasteiger partial charge in [0.2, 0.25) is 0 Å². The number of phenols is 1. The molecule has 0 spiro atoms. The van der Waals surface area contributed by atoms with E-state index in [4.69, 9.17) is 16.3 Å². The van der Waals surface area contributed by atoms with Crippen LogP contribution in [0, 0.1) is 5.82 Å². The Balaban J connectivity index is 3.30. The molecule has 0 bridgehead atoms. The predicted molar refractivity (Wildman–Crippen MR) is 61.2 cm³/mol. The van der Waals surface area contributed by atoms with Crippen LogP contribution in [0.1, 0.15) is 18.6 Å². The van der Waals surface area contributed by atoms with Gasteiger partial charge in [-0.2, -0.15) is 0 Å². The number of aliphatic hydroxyl groups is 1. The summed E-state index contributed by atoms with van der Waals surface area (Å²) in [7, 11) is 1.23. The normalized spacial score (nSPS) is 12.1. The summed E-state index contributed by atoms with van der Waals surface area (Å²) < 4.78 is 23.0. The fourth-order valence-electron chi connectivity index (χ4n) is 1.36. The zero-order valence-electron chi connectivity index (χ0n) is 9.74. The summed E-state index contributed by atoms with van der Waals surface area (Å²) >= 11 is 5.57. The Kier molecular flexibility index (Phi) is 4.75. The van der Waals surface area contributed by atoms with Gasteiger partial charge in [0, 0.05) is 6.07 Å². The second kappa shape index (κ2) is 5.88. The van der Waals surface area contributed by atoms with Crippen LogP contribution in [0.4, 0.5) is 4.39 Å². The zero-order valence-corrected chi connectivity index (χ0v) is 10.5. The highest BCUT2D eigenvalue weighted by Gasteiger charge is 2.29. The smallest absolute Gasteiger partial charge is 0.339 e. The molecule has 1 aromatic rings. The van der Waals surface area contributed by atoms with E-state index in [0.29, 0.717) is 0 Å². The predicted octanol–water partition coefficient (Wildman–Crippen LogP) is 1.79. The molecule has 0 aromatic heterocycles. The van der Waals surface area contributed by atoms with E-state index in [1.54, 1.807) is 0 Å². The summed E-state index contributed by atoms with van der Waals surface area (Å²) in [5.41, 5.74) is -0.669. The largest absolute Gasteiger partial charge is 0.504 e. The fourth-order valence-corrected chi connectivity index (χ4v) is 1.56. The molecule has 18 heavy (non-hydrogen) atoms. The quantitative estimate of drug-likeness (QED) is 0.821. The molecule has 5 nitrogen and oxygen atoms in total. The SMILES string of the molecule is CCOC(=O)C(O)c1c(O)c(OC)cc(Cl)c1F. The van der Waals surface area contributed by atoms with Crippen molar-refractivity contribution in [2.45, 2.75) is 13.0 Å². The van der Waals surface area contributed by atoms with Crippen LogP contribution in [0.3, 0.4) is 0 Å². The van der Waals surface area contributed by atoms with E-state index in [1.807, 2.05) is 0 Å².